The van der Waals surface area contributed by atoms with Crippen LogP contribution in [-0.2, 0) is 10.3 Å². The highest BCUT2D eigenvalue weighted by Crippen LogP contribution is 2.39. The first-order valence-corrected chi connectivity index (χ1v) is 8.49. The zero-order chi connectivity index (χ0) is 14.3. The molecule has 1 saturated carbocycles. The van der Waals surface area contributed by atoms with Gasteiger partial charge in [0.25, 0.3) is 0 Å². The van der Waals surface area contributed by atoms with E-state index in [9.17, 15) is 0 Å². The quantitative estimate of drug-likeness (QED) is 0.907. The predicted molar refractivity (Wildman–Crippen MR) is 77.7 cm³/mol. The lowest BCUT2D eigenvalue weighted by Crippen LogP contribution is -2.32. The molecule has 5 heteroatoms. The van der Waals surface area contributed by atoms with E-state index < -0.39 is 0 Å². The molecule has 0 radical (unpaired) electrons. The summed E-state index contributed by atoms with van der Waals surface area (Å²) in [6.07, 6.45) is 9.79. The molecule has 3 aliphatic rings. The van der Waals surface area contributed by atoms with Crippen molar-refractivity contribution in [3.8, 4) is 0 Å². The topological polar surface area (TPSA) is 60.2 Å². The van der Waals surface area contributed by atoms with Crippen molar-refractivity contribution in [2.45, 2.75) is 76.0 Å². The molecule has 21 heavy (non-hydrogen) atoms. The van der Waals surface area contributed by atoms with Gasteiger partial charge in [-0.3, -0.25) is 0 Å². The Bertz CT molecular complexity index is 481. The highest BCUT2D eigenvalue weighted by molar-refractivity contribution is 5.06. The molecule has 116 valence electrons. The first-order valence-electron chi connectivity index (χ1n) is 8.49. The molecule has 3 heterocycles. The summed E-state index contributed by atoms with van der Waals surface area (Å²) < 4.78 is 11.5. The Morgan fingerprint density at radius 1 is 1.19 bits per heavy atom. The maximum absolute atomic E-state index is 5.92. The van der Waals surface area contributed by atoms with E-state index in [1.54, 1.807) is 0 Å². The van der Waals surface area contributed by atoms with E-state index in [1.807, 2.05) is 0 Å². The minimum absolute atomic E-state index is 0.242. The molecular formula is C16H25N3O2. The lowest BCUT2D eigenvalue weighted by atomic mass is 9.85. The fourth-order valence-corrected chi connectivity index (χ4v) is 4.21. The summed E-state index contributed by atoms with van der Waals surface area (Å²) >= 11 is 0. The molecule has 1 N–H and O–H groups in total. The van der Waals surface area contributed by atoms with Crippen molar-refractivity contribution in [1.82, 2.24) is 15.5 Å². The number of fused-ring (bicyclic) bond motifs is 1. The standard InChI is InChI=1S/C16H25N3O2/c1-16(8-4-5-9-20-16)15-18-14(21-19-15)13-10-11-6-2-3-7-12(11)17-13/h11-13,17H,2-10H2,1H3. The normalized spacial score (nSPS) is 40.1. The summed E-state index contributed by atoms with van der Waals surface area (Å²) in [6, 6.07) is 0.896. The molecule has 0 spiro atoms. The second kappa shape index (κ2) is 5.36. The Hall–Kier alpha value is -0.940. The van der Waals surface area contributed by atoms with Crippen molar-refractivity contribution < 1.29 is 9.26 Å². The molecule has 0 aromatic carbocycles. The van der Waals surface area contributed by atoms with Crippen LogP contribution in [0.2, 0.25) is 0 Å². The summed E-state index contributed by atoms with van der Waals surface area (Å²) in [4.78, 5) is 4.68. The van der Waals surface area contributed by atoms with Gasteiger partial charge in [-0.2, -0.15) is 4.98 Å². The minimum atomic E-state index is -0.356. The van der Waals surface area contributed by atoms with Crippen molar-refractivity contribution in [1.29, 1.82) is 0 Å². The fraction of sp³-hybridized carbons (Fsp3) is 0.875. The van der Waals surface area contributed by atoms with Crippen molar-refractivity contribution >= 4 is 0 Å². The Kier molecular flexibility index (Phi) is 3.50. The molecule has 2 aliphatic heterocycles. The Morgan fingerprint density at radius 2 is 2.10 bits per heavy atom. The third-order valence-electron chi connectivity index (χ3n) is 5.54. The maximum Gasteiger partial charge on any atom is 0.243 e. The van der Waals surface area contributed by atoms with Crippen LogP contribution in [0.25, 0.3) is 0 Å². The number of ether oxygens (including phenoxy) is 1. The molecule has 1 aromatic heterocycles. The molecule has 0 amide bonds. The lowest BCUT2D eigenvalue weighted by Gasteiger charge is -2.30. The number of hydrogen-bond donors (Lipinski definition) is 1. The summed E-state index contributed by atoms with van der Waals surface area (Å²) in [6.45, 7) is 2.88. The van der Waals surface area contributed by atoms with Crippen LogP contribution in [0, 0.1) is 5.92 Å². The number of aromatic nitrogens is 2. The van der Waals surface area contributed by atoms with Gasteiger partial charge in [-0.1, -0.05) is 18.0 Å². The van der Waals surface area contributed by atoms with E-state index in [4.69, 9.17) is 9.26 Å². The van der Waals surface area contributed by atoms with Gasteiger partial charge >= 0.3 is 0 Å². The second-order valence-electron chi connectivity index (χ2n) is 7.10. The second-order valence-corrected chi connectivity index (χ2v) is 7.10. The van der Waals surface area contributed by atoms with Gasteiger partial charge in [0.1, 0.15) is 5.60 Å². The number of nitrogens with one attached hydrogen (secondary N) is 1. The van der Waals surface area contributed by atoms with Gasteiger partial charge in [-0.25, -0.2) is 0 Å². The molecule has 0 bridgehead atoms. The van der Waals surface area contributed by atoms with Gasteiger partial charge in [-0.15, -0.1) is 0 Å². The van der Waals surface area contributed by atoms with Crippen LogP contribution in [-0.4, -0.2) is 22.8 Å². The average molecular weight is 291 g/mol. The van der Waals surface area contributed by atoms with Crippen LogP contribution in [0.1, 0.15) is 76.0 Å². The monoisotopic (exact) mass is 291 g/mol. The third kappa shape index (κ3) is 2.50. The van der Waals surface area contributed by atoms with Crippen molar-refractivity contribution in [2.24, 2.45) is 5.92 Å². The predicted octanol–water partition coefficient (Wildman–Crippen LogP) is 3.08. The van der Waals surface area contributed by atoms with Gasteiger partial charge in [-0.05, 0) is 51.4 Å². The van der Waals surface area contributed by atoms with Crippen molar-refractivity contribution in [3.63, 3.8) is 0 Å². The minimum Gasteiger partial charge on any atom is -0.367 e. The lowest BCUT2D eigenvalue weighted by molar-refractivity contribution is -0.0770. The molecular weight excluding hydrogens is 266 g/mol. The van der Waals surface area contributed by atoms with E-state index in [-0.39, 0.29) is 11.6 Å². The highest BCUT2D eigenvalue weighted by atomic mass is 16.5. The zero-order valence-corrected chi connectivity index (χ0v) is 12.8. The summed E-state index contributed by atoms with van der Waals surface area (Å²) in [5.41, 5.74) is -0.356. The molecule has 4 unspecified atom stereocenters. The van der Waals surface area contributed by atoms with Crippen LogP contribution in [0.5, 0.6) is 0 Å². The van der Waals surface area contributed by atoms with E-state index in [1.165, 1.54) is 32.1 Å². The smallest absolute Gasteiger partial charge is 0.243 e. The van der Waals surface area contributed by atoms with E-state index >= 15 is 0 Å². The summed E-state index contributed by atoms with van der Waals surface area (Å²) in [7, 11) is 0. The van der Waals surface area contributed by atoms with Crippen LogP contribution in [0.3, 0.4) is 0 Å². The third-order valence-corrected chi connectivity index (χ3v) is 5.54. The Morgan fingerprint density at radius 3 is 2.90 bits per heavy atom. The first-order chi connectivity index (χ1) is 10.2. The fourth-order valence-electron chi connectivity index (χ4n) is 4.21. The summed E-state index contributed by atoms with van der Waals surface area (Å²) in [5.74, 6) is 2.28. The summed E-state index contributed by atoms with van der Waals surface area (Å²) in [5, 5.41) is 7.92. The largest absolute Gasteiger partial charge is 0.367 e. The highest BCUT2D eigenvalue weighted by Gasteiger charge is 2.40. The SMILES string of the molecule is CC1(c2noc(C3CC4CCCCC4N3)n2)CCCCO1. The van der Waals surface area contributed by atoms with Crippen LogP contribution >= 0.6 is 0 Å². The molecule has 4 atom stereocenters. The molecule has 1 aliphatic carbocycles. The van der Waals surface area contributed by atoms with Crippen LogP contribution in [0.15, 0.2) is 4.52 Å². The Balaban J connectivity index is 1.49. The van der Waals surface area contributed by atoms with Crippen molar-refractivity contribution in [3.05, 3.63) is 11.7 Å². The van der Waals surface area contributed by atoms with Gasteiger partial charge in [0.15, 0.2) is 0 Å². The van der Waals surface area contributed by atoms with Crippen LogP contribution in [0.4, 0.5) is 0 Å². The number of rotatable bonds is 2. The zero-order valence-electron chi connectivity index (χ0n) is 12.8. The van der Waals surface area contributed by atoms with Gasteiger partial charge in [0, 0.05) is 12.6 Å². The van der Waals surface area contributed by atoms with Crippen LogP contribution < -0.4 is 5.32 Å². The molecule has 5 nitrogen and oxygen atoms in total. The maximum atomic E-state index is 5.92. The van der Waals surface area contributed by atoms with E-state index in [2.05, 4.69) is 22.4 Å². The van der Waals surface area contributed by atoms with Gasteiger partial charge in [0.05, 0.1) is 6.04 Å². The molecule has 4 rings (SSSR count). The van der Waals surface area contributed by atoms with Gasteiger partial charge in [0.2, 0.25) is 11.7 Å². The number of nitrogens with zero attached hydrogens (tertiary/aromatic N) is 2. The van der Waals surface area contributed by atoms with Crippen molar-refractivity contribution in [2.75, 3.05) is 6.61 Å². The molecule has 3 fully saturated rings. The van der Waals surface area contributed by atoms with E-state index in [0.717, 1.165) is 43.5 Å². The average Bonchev–Trinajstić information content (AvgIpc) is 3.15. The Labute approximate surface area is 125 Å². The molecule has 1 aromatic rings. The van der Waals surface area contributed by atoms with E-state index in [0.29, 0.717) is 6.04 Å². The molecule has 2 saturated heterocycles. The first kappa shape index (κ1) is 13.7. The number of hydrogen-bond acceptors (Lipinski definition) is 5. The van der Waals surface area contributed by atoms with Gasteiger partial charge < -0.3 is 14.6 Å².